The maximum Gasteiger partial charge on any atom is 0.337 e. The summed E-state index contributed by atoms with van der Waals surface area (Å²) in [5.74, 6) is -0.579. The molecule has 0 aliphatic heterocycles. The maximum atomic E-state index is 13.2. The highest BCUT2D eigenvalue weighted by Gasteiger charge is 2.23. The van der Waals surface area contributed by atoms with Gasteiger partial charge in [-0.05, 0) is 61.4 Å². The fourth-order valence-corrected chi connectivity index (χ4v) is 6.02. The predicted octanol–water partition coefficient (Wildman–Crippen LogP) is 7.77. The number of fused-ring (bicyclic) bond motifs is 2. The average molecular weight is 568 g/mol. The van der Waals surface area contributed by atoms with Gasteiger partial charge >= 0.3 is 5.97 Å². The third-order valence-electron chi connectivity index (χ3n) is 8.15. The summed E-state index contributed by atoms with van der Waals surface area (Å²) in [7, 11) is 0. The quantitative estimate of drug-likeness (QED) is 0.213. The van der Waals surface area contributed by atoms with Gasteiger partial charge in [-0.3, -0.25) is 9.78 Å². The van der Waals surface area contributed by atoms with Gasteiger partial charge in [0.05, 0.1) is 39.7 Å². The first kappa shape index (κ1) is 26.5. The maximum absolute atomic E-state index is 13.2. The van der Waals surface area contributed by atoms with Crippen LogP contribution in [0.2, 0.25) is 0 Å². The SMILES string of the molecule is O=C(O)c1cncc(NC(=O)c2ccc3c(c2)nc(-c2ccc4nc(-c5ccccc5)ccc4c2)n3C2CCCCC2)c1. The van der Waals surface area contributed by atoms with Crippen molar-refractivity contribution in [3.63, 3.8) is 0 Å². The van der Waals surface area contributed by atoms with Gasteiger partial charge in [-0.2, -0.15) is 0 Å². The van der Waals surface area contributed by atoms with Crippen LogP contribution in [0.15, 0.2) is 97.3 Å². The van der Waals surface area contributed by atoms with E-state index in [2.05, 4.69) is 57.3 Å². The summed E-state index contributed by atoms with van der Waals surface area (Å²) in [5, 5.41) is 13.1. The molecule has 0 atom stereocenters. The van der Waals surface area contributed by atoms with E-state index < -0.39 is 5.97 Å². The van der Waals surface area contributed by atoms with Crippen LogP contribution >= 0.6 is 0 Å². The number of imidazole rings is 1. The van der Waals surface area contributed by atoms with Crippen LogP contribution < -0.4 is 5.32 Å². The zero-order chi connectivity index (χ0) is 29.3. The number of rotatable bonds is 6. The molecule has 212 valence electrons. The Balaban J connectivity index is 1.27. The number of carboxylic acid groups (broad SMARTS) is 1. The number of nitrogens with one attached hydrogen (secondary N) is 1. The summed E-state index contributed by atoms with van der Waals surface area (Å²) in [6, 6.07) is 27.9. The second-order valence-corrected chi connectivity index (χ2v) is 11.0. The summed E-state index contributed by atoms with van der Waals surface area (Å²) in [6.45, 7) is 0. The Morgan fingerprint density at radius 2 is 1.60 bits per heavy atom. The second kappa shape index (κ2) is 11.1. The smallest absolute Gasteiger partial charge is 0.337 e. The van der Waals surface area contributed by atoms with Gasteiger partial charge in [-0.25, -0.2) is 14.8 Å². The van der Waals surface area contributed by atoms with Crippen LogP contribution in [-0.2, 0) is 0 Å². The number of aromatic carboxylic acids is 1. The Hall–Kier alpha value is -5.37. The molecule has 1 saturated carbocycles. The summed E-state index contributed by atoms with van der Waals surface area (Å²) in [5.41, 5.74) is 6.43. The molecule has 0 unspecified atom stereocenters. The van der Waals surface area contributed by atoms with Gasteiger partial charge < -0.3 is 15.0 Å². The molecular weight excluding hydrogens is 538 g/mol. The number of carboxylic acids is 1. The van der Waals surface area contributed by atoms with Crippen molar-refractivity contribution in [1.82, 2.24) is 19.5 Å². The highest BCUT2D eigenvalue weighted by molar-refractivity contribution is 6.06. The van der Waals surface area contributed by atoms with Gasteiger partial charge in [0.15, 0.2) is 0 Å². The first-order valence-corrected chi connectivity index (χ1v) is 14.5. The van der Waals surface area contributed by atoms with Crippen LogP contribution in [0.4, 0.5) is 5.69 Å². The number of benzene rings is 3. The molecule has 8 heteroatoms. The molecule has 1 fully saturated rings. The number of hydrogen-bond acceptors (Lipinski definition) is 5. The lowest BCUT2D eigenvalue weighted by molar-refractivity contribution is 0.0696. The van der Waals surface area contributed by atoms with Crippen LogP contribution in [0, 0.1) is 0 Å². The van der Waals surface area contributed by atoms with E-state index in [9.17, 15) is 14.7 Å². The average Bonchev–Trinajstić information content (AvgIpc) is 3.44. The topological polar surface area (TPSA) is 110 Å². The van der Waals surface area contributed by atoms with Crippen molar-refractivity contribution in [2.45, 2.75) is 38.1 Å². The summed E-state index contributed by atoms with van der Waals surface area (Å²) in [4.78, 5) is 38.4. The number of nitrogens with zero attached hydrogens (tertiary/aromatic N) is 4. The predicted molar refractivity (Wildman–Crippen MR) is 167 cm³/mol. The molecule has 0 spiro atoms. The zero-order valence-corrected chi connectivity index (χ0v) is 23.4. The molecule has 1 aliphatic rings. The number of aromatic nitrogens is 4. The van der Waals surface area contributed by atoms with E-state index in [0.717, 1.165) is 57.4 Å². The lowest BCUT2D eigenvalue weighted by Gasteiger charge is -2.25. The number of anilines is 1. The lowest BCUT2D eigenvalue weighted by Crippen LogP contribution is -2.14. The molecule has 0 radical (unpaired) electrons. The van der Waals surface area contributed by atoms with E-state index >= 15 is 0 Å². The van der Waals surface area contributed by atoms with E-state index in [-0.39, 0.29) is 11.5 Å². The lowest BCUT2D eigenvalue weighted by atomic mass is 9.94. The fraction of sp³-hybridized carbons (Fsp3) is 0.171. The normalized spacial score (nSPS) is 13.8. The Kier molecular flexibility index (Phi) is 6.87. The van der Waals surface area contributed by atoms with Crippen LogP contribution in [0.25, 0.3) is 44.6 Å². The Bertz CT molecular complexity index is 1990. The molecule has 2 N–H and O–H groups in total. The Morgan fingerprint density at radius 1 is 0.767 bits per heavy atom. The minimum Gasteiger partial charge on any atom is -0.478 e. The van der Waals surface area contributed by atoms with E-state index in [1.807, 2.05) is 24.3 Å². The van der Waals surface area contributed by atoms with Crippen molar-refractivity contribution in [3.8, 4) is 22.6 Å². The third-order valence-corrected chi connectivity index (χ3v) is 8.15. The first-order valence-electron chi connectivity index (χ1n) is 14.5. The molecule has 6 aromatic rings. The summed E-state index contributed by atoms with van der Waals surface area (Å²) < 4.78 is 2.35. The molecule has 0 saturated heterocycles. The zero-order valence-electron chi connectivity index (χ0n) is 23.4. The number of carbonyl (C=O) groups excluding carboxylic acids is 1. The monoisotopic (exact) mass is 567 g/mol. The second-order valence-electron chi connectivity index (χ2n) is 11.0. The minimum atomic E-state index is -1.10. The Labute approximate surface area is 248 Å². The molecule has 7 rings (SSSR count). The molecule has 8 nitrogen and oxygen atoms in total. The van der Waals surface area contributed by atoms with Crippen LogP contribution in [0.3, 0.4) is 0 Å². The number of pyridine rings is 2. The van der Waals surface area contributed by atoms with Gasteiger partial charge in [-0.15, -0.1) is 0 Å². The number of amides is 1. The highest BCUT2D eigenvalue weighted by atomic mass is 16.4. The van der Waals surface area contributed by atoms with Gasteiger partial charge in [0.25, 0.3) is 5.91 Å². The third kappa shape index (κ3) is 5.23. The summed E-state index contributed by atoms with van der Waals surface area (Å²) in [6.07, 6.45) is 8.44. The molecule has 1 aliphatic carbocycles. The van der Waals surface area contributed by atoms with E-state index in [1.165, 1.54) is 37.7 Å². The number of hydrogen-bond donors (Lipinski definition) is 2. The molecule has 3 heterocycles. The Morgan fingerprint density at radius 3 is 2.42 bits per heavy atom. The van der Waals surface area contributed by atoms with Gasteiger partial charge in [0.1, 0.15) is 5.82 Å². The molecule has 0 bridgehead atoms. The number of carbonyl (C=O) groups is 2. The molecule has 43 heavy (non-hydrogen) atoms. The molecule has 3 aromatic carbocycles. The molecular formula is C35H29N5O3. The van der Waals surface area contributed by atoms with Gasteiger partial charge in [0.2, 0.25) is 0 Å². The largest absolute Gasteiger partial charge is 0.478 e. The van der Waals surface area contributed by atoms with Crippen molar-refractivity contribution < 1.29 is 14.7 Å². The van der Waals surface area contributed by atoms with Crippen molar-refractivity contribution >= 4 is 39.5 Å². The summed E-state index contributed by atoms with van der Waals surface area (Å²) >= 11 is 0. The first-order chi connectivity index (χ1) is 21.0. The van der Waals surface area contributed by atoms with Crippen LogP contribution in [0.1, 0.15) is 58.9 Å². The van der Waals surface area contributed by atoms with E-state index in [0.29, 0.717) is 17.3 Å². The van der Waals surface area contributed by atoms with Gasteiger partial charge in [0, 0.05) is 34.3 Å². The highest BCUT2D eigenvalue weighted by Crippen LogP contribution is 2.37. The van der Waals surface area contributed by atoms with Crippen molar-refractivity contribution in [2.24, 2.45) is 0 Å². The van der Waals surface area contributed by atoms with E-state index in [1.54, 1.807) is 12.1 Å². The van der Waals surface area contributed by atoms with E-state index in [4.69, 9.17) is 9.97 Å². The van der Waals surface area contributed by atoms with Crippen molar-refractivity contribution in [3.05, 3.63) is 108 Å². The molecule has 1 amide bonds. The minimum absolute atomic E-state index is 0.00555. The van der Waals surface area contributed by atoms with Crippen LogP contribution in [0.5, 0.6) is 0 Å². The van der Waals surface area contributed by atoms with Crippen molar-refractivity contribution in [1.29, 1.82) is 0 Å². The van der Waals surface area contributed by atoms with Gasteiger partial charge in [-0.1, -0.05) is 55.7 Å². The standard InChI is InChI=1S/C35H29N5O3/c41-34(37-27-18-26(35(42)43)20-36-21-27)25-13-16-32-31(19-25)39-33(40(32)28-9-5-2-6-10-28)24-12-15-30-23(17-24)11-14-29(38-30)22-7-3-1-4-8-22/h1,3-4,7-8,11-21,28H,2,5-6,9-10H2,(H,37,41)(H,42,43). The van der Waals surface area contributed by atoms with Crippen molar-refractivity contribution in [2.75, 3.05) is 5.32 Å². The fourth-order valence-electron chi connectivity index (χ4n) is 6.02. The van der Waals surface area contributed by atoms with Crippen LogP contribution in [-0.4, -0.2) is 36.5 Å². The molecule has 3 aromatic heterocycles.